The van der Waals surface area contributed by atoms with Crippen LogP contribution >= 0.6 is 0 Å². The first kappa shape index (κ1) is 14.0. The lowest BCUT2D eigenvalue weighted by molar-refractivity contribution is -0.387. The normalized spacial score (nSPS) is 10.1. The summed E-state index contributed by atoms with van der Waals surface area (Å²) in [5.41, 5.74) is 0.0243. The van der Waals surface area contributed by atoms with Gasteiger partial charge in [0.15, 0.2) is 0 Å². The largest absolute Gasteiger partial charge is 0.469 e. The fraction of sp³-hybridized carbons (Fsp3) is 0.364. The van der Waals surface area contributed by atoms with E-state index in [0.29, 0.717) is 18.7 Å². The van der Waals surface area contributed by atoms with Gasteiger partial charge in [-0.05, 0) is 11.6 Å². The lowest BCUT2D eigenvalue weighted by Crippen LogP contribution is -2.18. The van der Waals surface area contributed by atoms with Crippen molar-refractivity contribution in [3.8, 4) is 0 Å². The van der Waals surface area contributed by atoms with E-state index in [1.54, 1.807) is 0 Å². The van der Waals surface area contributed by atoms with Gasteiger partial charge in [-0.1, -0.05) is 6.07 Å². The highest BCUT2D eigenvalue weighted by Gasteiger charge is 2.13. The highest BCUT2D eigenvalue weighted by atomic mass is 19.1. The average molecular weight is 256 g/mol. The number of benzene rings is 1. The lowest BCUT2D eigenvalue weighted by atomic mass is 10.2. The second-order valence-corrected chi connectivity index (χ2v) is 3.55. The van der Waals surface area contributed by atoms with E-state index in [2.05, 4.69) is 10.1 Å². The Morgan fingerprint density at radius 3 is 2.83 bits per heavy atom. The Bertz CT molecular complexity index is 451. The van der Waals surface area contributed by atoms with E-state index in [9.17, 15) is 19.3 Å². The monoisotopic (exact) mass is 256 g/mol. The number of rotatable bonds is 6. The summed E-state index contributed by atoms with van der Waals surface area (Å²) in [4.78, 5) is 20.4. The Hall–Kier alpha value is -2.02. The van der Waals surface area contributed by atoms with Gasteiger partial charge in [-0.3, -0.25) is 14.9 Å². The Kier molecular flexibility index (Phi) is 5.19. The van der Waals surface area contributed by atoms with Crippen LogP contribution in [0.1, 0.15) is 12.0 Å². The molecule has 1 aromatic rings. The van der Waals surface area contributed by atoms with Crippen LogP contribution in [0.15, 0.2) is 18.2 Å². The van der Waals surface area contributed by atoms with E-state index in [-0.39, 0.29) is 12.4 Å². The van der Waals surface area contributed by atoms with Crippen molar-refractivity contribution in [2.45, 2.75) is 13.0 Å². The third kappa shape index (κ3) is 4.10. The molecular weight excluding hydrogens is 243 g/mol. The number of esters is 1. The molecule has 98 valence electrons. The second-order valence-electron chi connectivity index (χ2n) is 3.55. The smallest absolute Gasteiger partial charge is 0.306 e. The van der Waals surface area contributed by atoms with Gasteiger partial charge in [0.25, 0.3) is 0 Å². The fourth-order valence-electron chi connectivity index (χ4n) is 1.33. The topological polar surface area (TPSA) is 81.5 Å². The summed E-state index contributed by atoms with van der Waals surface area (Å²) in [6.07, 6.45) is 0.214. The molecule has 0 aromatic heterocycles. The van der Waals surface area contributed by atoms with E-state index in [1.165, 1.54) is 13.2 Å². The van der Waals surface area contributed by atoms with E-state index < -0.39 is 16.4 Å². The number of hydrogen-bond donors (Lipinski definition) is 1. The number of nitro groups is 1. The molecule has 1 aromatic carbocycles. The highest BCUT2D eigenvalue weighted by Crippen LogP contribution is 2.17. The minimum absolute atomic E-state index is 0.214. The van der Waals surface area contributed by atoms with Crippen LogP contribution in [0.2, 0.25) is 0 Å². The van der Waals surface area contributed by atoms with E-state index in [1.807, 2.05) is 0 Å². The third-order valence-corrected chi connectivity index (χ3v) is 2.27. The summed E-state index contributed by atoms with van der Waals surface area (Å²) >= 11 is 0. The maximum absolute atomic E-state index is 13.2. The van der Waals surface area contributed by atoms with Crippen LogP contribution < -0.4 is 5.32 Å². The van der Waals surface area contributed by atoms with Crippen LogP contribution in [-0.2, 0) is 16.1 Å². The van der Waals surface area contributed by atoms with Gasteiger partial charge in [-0.15, -0.1) is 0 Å². The van der Waals surface area contributed by atoms with Gasteiger partial charge in [-0.2, -0.15) is 4.39 Å². The Labute approximate surface area is 103 Å². The molecule has 1 N–H and O–H groups in total. The van der Waals surface area contributed by atoms with Crippen molar-refractivity contribution in [2.75, 3.05) is 13.7 Å². The van der Waals surface area contributed by atoms with Gasteiger partial charge in [0.2, 0.25) is 5.82 Å². The predicted octanol–water partition coefficient (Wildman–Crippen LogP) is 1.39. The van der Waals surface area contributed by atoms with Crippen LogP contribution in [0, 0.1) is 15.9 Å². The number of ether oxygens (including phenoxy) is 1. The SMILES string of the molecule is COC(=O)CCNCc1ccc([N+](=O)[O-])c(F)c1. The average Bonchev–Trinajstić information content (AvgIpc) is 2.34. The highest BCUT2D eigenvalue weighted by molar-refractivity contribution is 5.69. The quantitative estimate of drug-likeness (QED) is 0.360. The molecule has 7 heteroatoms. The standard InChI is InChI=1S/C11H13FN2O4/c1-18-11(15)4-5-13-7-8-2-3-10(14(16)17)9(12)6-8/h2-3,6,13H,4-5,7H2,1H3. The second kappa shape index (κ2) is 6.65. The lowest BCUT2D eigenvalue weighted by Gasteiger charge is -2.04. The molecule has 0 aliphatic carbocycles. The number of nitro benzene ring substituents is 1. The maximum atomic E-state index is 13.2. The number of methoxy groups -OCH3 is 1. The van der Waals surface area contributed by atoms with Crippen molar-refractivity contribution < 1.29 is 18.8 Å². The van der Waals surface area contributed by atoms with Crippen LogP contribution in [0.4, 0.5) is 10.1 Å². The predicted molar refractivity (Wildman–Crippen MR) is 61.4 cm³/mol. The zero-order chi connectivity index (χ0) is 13.5. The van der Waals surface area contributed by atoms with Crippen molar-refractivity contribution in [1.29, 1.82) is 0 Å². The molecule has 18 heavy (non-hydrogen) atoms. The number of carbonyl (C=O) groups excluding carboxylic acids is 1. The summed E-state index contributed by atoms with van der Waals surface area (Å²) < 4.78 is 17.7. The number of carbonyl (C=O) groups is 1. The molecule has 0 saturated carbocycles. The van der Waals surface area contributed by atoms with E-state index in [0.717, 1.165) is 12.1 Å². The summed E-state index contributed by atoms with van der Waals surface area (Å²) in [5, 5.41) is 13.3. The zero-order valence-corrected chi connectivity index (χ0v) is 9.81. The van der Waals surface area contributed by atoms with Crippen molar-refractivity contribution in [3.63, 3.8) is 0 Å². The molecule has 0 aliphatic rings. The first-order valence-electron chi connectivity index (χ1n) is 5.25. The van der Waals surface area contributed by atoms with Gasteiger partial charge < -0.3 is 10.1 Å². The summed E-state index contributed by atoms with van der Waals surface area (Å²) in [7, 11) is 1.30. The minimum Gasteiger partial charge on any atom is -0.469 e. The van der Waals surface area contributed by atoms with Gasteiger partial charge in [0.1, 0.15) is 0 Å². The third-order valence-electron chi connectivity index (χ3n) is 2.27. The molecule has 0 fully saturated rings. The molecule has 0 unspecified atom stereocenters. The van der Waals surface area contributed by atoms with Gasteiger partial charge in [0.05, 0.1) is 18.5 Å². The summed E-state index contributed by atoms with van der Waals surface area (Å²) in [6, 6.07) is 3.68. The Balaban J connectivity index is 2.46. The molecule has 0 spiro atoms. The van der Waals surface area contributed by atoms with Gasteiger partial charge in [-0.25, -0.2) is 0 Å². The van der Waals surface area contributed by atoms with Crippen molar-refractivity contribution >= 4 is 11.7 Å². The number of hydrogen-bond acceptors (Lipinski definition) is 5. The molecule has 0 saturated heterocycles. The summed E-state index contributed by atoms with van der Waals surface area (Å²) in [6.45, 7) is 0.719. The number of nitrogens with one attached hydrogen (secondary N) is 1. The van der Waals surface area contributed by atoms with Crippen molar-refractivity contribution in [2.24, 2.45) is 0 Å². The fourth-order valence-corrected chi connectivity index (χ4v) is 1.33. The molecule has 0 aliphatic heterocycles. The van der Waals surface area contributed by atoms with Crippen LogP contribution in [0.25, 0.3) is 0 Å². The number of nitrogens with zero attached hydrogens (tertiary/aromatic N) is 1. The molecule has 1 rings (SSSR count). The molecule has 0 atom stereocenters. The summed E-state index contributed by atoms with van der Waals surface area (Å²) in [5.74, 6) is -1.20. The minimum atomic E-state index is -0.868. The zero-order valence-electron chi connectivity index (χ0n) is 9.81. The number of halogens is 1. The molecule has 0 heterocycles. The van der Waals surface area contributed by atoms with Crippen LogP contribution in [0.3, 0.4) is 0 Å². The Morgan fingerprint density at radius 2 is 2.28 bits per heavy atom. The molecule has 0 radical (unpaired) electrons. The molecule has 6 nitrogen and oxygen atoms in total. The van der Waals surface area contributed by atoms with E-state index >= 15 is 0 Å². The first-order valence-corrected chi connectivity index (χ1v) is 5.25. The Morgan fingerprint density at radius 1 is 1.56 bits per heavy atom. The molecule has 0 bridgehead atoms. The molecule has 0 amide bonds. The van der Waals surface area contributed by atoms with E-state index in [4.69, 9.17) is 0 Å². The van der Waals surface area contributed by atoms with Crippen LogP contribution in [-0.4, -0.2) is 24.5 Å². The molecular formula is C11H13FN2O4. The first-order chi connectivity index (χ1) is 8.54. The maximum Gasteiger partial charge on any atom is 0.306 e. The van der Waals surface area contributed by atoms with Crippen molar-refractivity contribution in [1.82, 2.24) is 5.32 Å². The van der Waals surface area contributed by atoms with Crippen molar-refractivity contribution in [3.05, 3.63) is 39.7 Å². The van der Waals surface area contributed by atoms with Gasteiger partial charge >= 0.3 is 11.7 Å². The van der Waals surface area contributed by atoms with Crippen LogP contribution in [0.5, 0.6) is 0 Å². The van der Waals surface area contributed by atoms with Gasteiger partial charge in [0, 0.05) is 19.2 Å².